The highest BCUT2D eigenvalue weighted by molar-refractivity contribution is 5.67. The second-order valence-electron chi connectivity index (χ2n) is 3.98. The maximum absolute atomic E-state index is 11.1. The maximum atomic E-state index is 11.1. The second-order valence-corrected chi connectivity index (χ2v) is 3.98. The quantitative estimate of drug-likeness (QED) is 0.571. The van der Waals surface area contributed by atoms with E-state index in [1.54, 1.807) is 7.11 Å². The minimum Gasteiger partial charge on any atom is -0.447 e. The largest absolute Gasteiger partial charge is 0.447 e. The van der Waals surface area contributed by atoms with E-state index in [2.05, 4.69) is 23.5 Å². The van der Waals surface area contributed by atoms with Crippen molar-refractivity contribution in [2.75, 3.05) is 26.9 Å². The number of ether oxygens (including phenoxy) is 2. The number of carbonyl (C=O) groups is 1. The van der Waals surface area contributed by atoms with E-state index in [0.717, 1.165) is 12.8 Å². The predicted molar refractivity (Wildman–Crippen MR) is 66.8 cm³/mol. The van der Waals surface area contributed by atoms with Crippen LogP contribution in [0.1, 0.15) is 19.3 Å². The third-order valence-corrected chi connectivity index (χ3v) is 2.60. The molecule has 1 aliphatic carbocycles. The topological polar surface area (TPSA) is 47.6 Å². The van der Waals surface area contributed by atoms with Crippen LogP contribution in [0.25, 0.3) is 0 Å². The van der Waals surface area contributed by atoms with Crippen molar-refractivity contribution in [2.24, 2.45) is 5.92 Å². The molecule has 0 spiro atoms. The van der Waals surface area contributed by atoms with Gasteiger partial charge in [0.05, 0.1) is 6.61 Å². The molecule has 0 aromatic rings. The van der Waals surface area contributed by atoms with E-state index in [4.69, 9.17) is 9.47 Å². The van der Waals surface area contributed by atoms with Crippen LogP contribution in [-0.4, -0.2) is 33.0 Å². The lowest BCUT2D eigenvalue weighted by atomic mass is 9.94. The molecule has 0 unspecified atom stereocenters. The Morgan fingerprint density at radius 1 is 1.47 bits per heavy atom. The average molecular weight is 239 g/mol. The van der Waals surface area contributed by atoms with Crippen LogP contribution in [0, 0.1) is 5.92 Å². The molecule has 0 aliphatic heterocycles. The lowest BCUT2D eigenvalue weighted by Crippen LogP contribution is -2.25. The fourth-order valence-corrected chi connectivity index (χ4v) is 1.66. The molecule has 17 heavy (non-hydrogen) atoms. The maximum Gasteiger partial charge on any atom is 0.407 e. The monoisotopic (exact) mass is 239 g/mol. The summed E-state index contributed by atoms with van der Waals surface area (Å²) in [4.78, 5) is 11.1. The summed E-state index contributed by atoms with van der Waals surface area (Å²) in [5.74, 6) is 0.617. The molecule has 0 radical (unpaired) electrons. The predicted octanol–water partition coefficient (Wildman–Crippen LogP) is 2.27. The normalized spacial score (nSPS) is 19.5. The first-order valence-corrected chi connectivity index (χ1v) is 6.04. The van der Waals surface area contributed by atoms with Crippen LogP contribution >= 0.6 is 0 Å². The fourth-order valence-electron chi connectivity index (χ4n) is 1.66. The number of hydrogen-bond donors (Lipinski definition) is 1. The first-order chi connectivity index (χ1) is 8.33. The van der Waals surface area contributed by atoms with Gasteiger partial charge in [-0.1, -0.05) is 24.3 Å². The fraction of sp³-hybridized carbons (Fsp3) is 0.615. The van der Waals surface area contributed by atoms with Gasteiger partial charge in [-0.05, 0) is 25.2 Å². The number of rotatable bonds is 6. The van der Waals surface area contributed by atoms with Crippen LogP contribution in [0.3, 0.4) is 0 Å². The molecule has 4 nitrogen and oxygen atoms in total. The highest BCUT2D eigenvalue weighted by Crippen LogP contribution is 2.18. The van der Waals surface area contributed by atoms with Crippen molar-refractivity contribution < 1.29 is 14.3 Å². The molecular formula is C13H21NO3. The Balaban J connectivity index is 2.04. The van der Waals surface area contributed by atoms with Crippen molar-refractivity contribution in [3.63, 3.8) is 0 Å². The molecule has 0 fully saturated rings. The second kappa shape index (κ2) is 8.82. The van der Waals surface area contributed by atoms with E-state index >= 15 is 0 Å². The number of alkyl carbamates (subject to hydrolysis) is 1. The van der Waals surface area contributed by atoms with Gasteiger partial charge in [0.25, 0.3) is 0 Å². The Bertz CT molecular complexity index is 274. The van der Waals surface area contributed by atoms with E-state index in [1.165, 1.54) is 6.42 Å². The Morgan fingerprint density at radius 2 is 2.35 bits per heavy atom. The Hall–Kier alpha value is -1.29. The molecule has 0 bridgehead atoms. The molecule has 0 aromatic heterocycles. The highest BCUT2D eigenvalue weighted by Gasteiger charge is 2.05. The van der Waals surface area contributed by atoms with Gasteiger partial charge in [-0.3, -0.25) is 0 Å². The van der Waals surface area contributed by atoms with Gasteiger partial charge in [0.1, 0.15) is 6.61 Å². The molecule has 0 aromatic carbocycles. The van der Waals surface area contributed by atoms with Crippen LogP contribution in [0.4, 0.5) is 4.79 Å². The van der Waals surface area contributed by atoms with E-state index in [1.807, 2.05) is 6.08 Å². The number of allylic oxidation sites excluding steroid dienone is 3. The third-order valence-electron chi connectivity index (χ3n) is 2.60. The molecule has 1 aliphatic rings. The van der Waals surface area contributed by atoms with Crippen LogP contribution in [0.2, 0.25) is 0 Å². The zero-order valence-electron chi connectivity index (χ0n) is 10.4. The van der Waals surface area contributed by atoms with Crippen molar-refractivity contribution in [1.29, 1.82) is 0 Å². The summed E-state index contributed by atoms with van der Waals surface area (Å²) >= 11 is 0. The van der Waals surface area contributed by atoms with Gasteiger partial charge in [-0.25, -0.2) is 4.79 Å². The van der Waals surface area contributed by atoms with Crippen molar-refractivity contribution in [2.45, 2.75) is 19.3 Å². The number of hydrogen-bond acceptors (Lipinski definition) is 3. The van der Waals surface area contributed by atoms with E-state index in [-0.39, 0.29) is 0 Å². The summed E-state index contributed by atoms with van der Waals surface area (Å²) in [7, 11) is 1.57. The van der Waals surface area contributed by atoms with Crippen molar-refractivity contribution in [1.82, 2.24) is 5.32 Å². The number of methoxy groups -OCH3 is 1. The van der Waals surface area contributed by atoms with Gasteiger partial charge in [0, 0.05) is 13.7 Å². The van der Waals surface area contributed by atoms with Gasteiger partial charge >= 0.3 is 6.09 Å². The molecule has 1 atom stereocenters. The molecule has 4 heteroatoms. The standard InChI is InChI=1S/C13H21NO3/c1-16-10-11-17-13(15)14-9-5-8-12-6-3-2-4-7-12/h2-3,5,8,12H,4,6-7,9-11H2,1H3,(H,14,15)/b8-5+/t12-/m0/s1. The Labute approximate surface area is 103 Å². The lowest BCUT2D eigenvalue weighted by Gasteiger charge is -2.12. The molecule has 96 valence electrons. The van der Waals surface area contributed by atoms with Crippen LogP contribution in [0.5, 0.6) is 0 Å². The number of amides is 1. The molecule has 1 rings (SSSR count). The SMILES string of the molecule is COCCOC(=O)NC/C=C/[C@H]1CC=CCC1. The summed E-state index contributed by atoms with van der Waals surface area (Å²) in [6.07, 6.45) is 11.7. The summed E-state index contributed by atoms with van der Waals surface area (Å²) in [5, 5.41) is 2.66. The van der Waals surface area contributed by atoms with Crippen LogP contribution in [0.15, 0.2) is 24.3 Å². The Morgan fingerprint density at radius 3 is 3.06 bits per heavy atom. The third kappa shape index (κ3) is 6.79. The minimum absolute atomic E-state index is 0.291. The lowest BCUT2D eigenvalue weighted by molar-refractivity contribution is 0.0992. The van der Waals surface area contributed by atoms with E-state index in [0.29, 0.717) is 25.7 Å². The van der Waals surface area contributed by atoms with Crippen molar-refractivity contribution in [3.05, 3.63) is 24.3 Å². The number of carbonyl (C=O) groups excluding carboxylic acids is 1. The van der Waals surface area contributed by atoms with Crippen LogP contribution < -0.4 is 5.32 Å². The van der Waals surface area contributed by atoms with Crippen molar-refractivity contribution >= 4 is 6.09 Å². The molecule has 0 saturated carbocycles. The molecule has 0 heterocycles. The molecular weight excluding hydrogens is 218 g/mol. The average Bonchev–Trinajstić information content (AvgIpc) is 2.36. The van der Waals surface area contributed by atoms with Crippen LogP contribution in [-0.2, 0) is 9.47 Å². The zero-order chi connectivity index (χ0) is 12.3. The van der Waals surface area contributed by atoms with Gasteiger partial charge < -0.3 is 14.8 Å². The highest BCUT2D eigenvalue weighted by atomic mass is 16.6. The number of nitrogens with one attached hydrogen (secondary N) is 1. The smallest absolute Gasteiger partial charge is 0.407 e. The van der Waals surface area contributed by atoms with Crippen molar-refractivity contribution in [3.8, 4) is 0 Å². The van der Waals surface area contributed by atoms with E-state index in [9.17, 15) is 4.79 Å². The molecule has 0 saturated heterocycles. The summed E-state index contributed by atoms with van der Waals surface area (Å²) in [6, 6.07) is 0. The van der Waals surface area contributed by atoms with E-state index < -0.39 is 6.09 Å². The molecule has 1 N–H and O–H groups in total. The zero-order valence-corrected chi connectivity index (χ0v) is 10.4. The first-order valence-electron chi connectivity index (χ1n) is 6.04. The summed E-state index contributed by atoms with van der Waals surface area (Å²) in [6.45, 7) is 1.24. The molecule has 1 amide bonds. The first kappa shape index (κ1) is 13.8. The Kier molecular flexibility index (Phi) is 7.14. The summed E-state index contributed by atoms with van der Waals surface area (Å²) in [5.41, 5.74) is 0. The minimum atomic E-state index is -0.393. The summed E-state index contributed by atoms with van der Waals surface area (Å²) < 4.78 is 9.63. The van der Waals surface area contributed by atoms with Gasteiger partial charge in [-0.2, -0.15) is 0 Å². The van der Waals surface area contributed by atoms with Gasteiger partial charge in [0.2, 0.25) is 0 Å². The van der Waals surface area contributed by atoms with Gasteiger partial charge in [0.15, 0.2) is 0 Å². The van der Waals surface area contributed by atoms with Gasteiger partial charge in [-0.15, -0.1) is 0 Å².